The molecule has 0 aliphatic heterocycles. The van der Waals surface area contributed by atoms with Crippen molar-refractivity contribution in [1.29, 1.82) is 0 Å². The van der Waals surface area contributed by atoms with Gasteiger partial charge >= 0.3 is 6.01 Å². The summed E-state index contributed by atoms with van der Waals surface area (Å²) in [5, 5.41) is 0.990. The minimum Gasteiger partial charge on any atom is -0.464 e. The molecule has 5 nitrogen and oxygen atoms in total. The van der Waals surface area contributed by atoms with Gasteiger partial charge in [-0.3, -0.25) is 0 Å². The second-order valence-corrected chi connectivity index (χ2v) is 4.26. The van der Waals surface area contributed by atoms with E-state index in [2.05, 4.69) is 15.0 Å². The first-order chi connectivity index (χ1) is 8.58. The molecule has 0 unspecified atom stereocenters. The Labute approximate surface area is 114 Å². The van der Waals surface area contributed by atoms with Gasteiger partial charge in [0.25, 0.3) is 0 Å². The van der Waals surface area contributed by atoms with Crippen LogP contribution in [0.15, 0.2) is 18.2 Å². The summed E-state index contributed by atoms with van der Waals surface area (Å²) in [5.74, 6) is 0.454. The van der Waals surface area contributed by atoms with Gasteiger partial charge < -0.3 is 10.5 Å². The van der Waals surface area contributed by atoms with Crippen molar-refractivity contribution in [3.05, 3.63) is 28.2 Å². The van der Waals surface area contributed by atoms with Gasteiger partial charge in [-0.15, -0.1) is 0 Å². The zero-order valence-corrected chi connectivity index (χ0v) is 11.0. The number of nitrogens with two attached hydrogens (primary N) is 1. The van der Waals surface area contributed by atoms with Crippen molar-refractivity contribution in [2.24, 2.45) is 0 Å². The van der Waals surface area contributed by atoms with Gasteiger partial charge in [0.1, 0.15) is 0 Å². The van der Waals surface area contributed by atoms with E-state index in [9.17, 15) is 0 Å². The highest BCUT2D eigenvalue weighted by molar-refractivity contribution is 6.35. The molecule has 0 spiro atoms. The van der Waals surface area contributed by atoms with E-state index in [-0.39, 0.29) is 12.0 Å². The van der Waals surface area contributed by atoms with Crippen LogP contribution >= 0.6 is 23.2 Å². The summed E-state index contributed by atoms with van der Waals surface area (Å²) >= 11 is 11.8. The Bertz CT molecular complexity index is 557. The summed E-state index contributed by atoms with van der Waals surface area (Å²) in [6, 6.07) is 5.19. The smallest absolute Gasteiger partial charge is 0.321 e. The van der Waals surface area contributed by atoms with Gasteiger partial charge in [0.05, 0.1) is 6.61 Å². The molecule has 0 saturated carbocycles. The number of hydrogen-bond acceptors (Lipinski definition) is 5. The third-order valence-corrected chi connectivity index (χ3v) is 2.46. The second kappa shape index (κ2) is 5.37. The van der Waals surface area contributed by atoms with Crippen LogP contribution in [0.1, 0.15) is 6.92 Å². The van der Waals surface area contributed by atoms with E-state index in [0.717, 1.165) is 0 Å². The van der Waals surface area contributed by atoms with Crippen molar-refractivity contribution < 1.29 is 4.74 Å². The molecule has 18 heavy (non-hydrogen) atoms. The van der Waals surface area contributed by atoms with Crippen LogP contribution in [0.25, 0.3) is 11.4 Å². The monoisotopic (exact) mass is 284 g/mol. The summed E-state index contributed by atoms with van der Waals surface area (Å²) < 4.78 is 5.20. The molecule has 1 aromatic heterocycles. The fourth-order valence-corrected chi connectivity index (χ4v) is 1.90. The van der Waals surface area contributed by atoms with Crippen LogP contribution in [0, 0.1) is 0 Å². The lowest BCUT2D eigenvalue weighted by Crippen LogP contribution is -2.04. The van der Waals surface area contributed by atoms with E-state index >= 15 is 0 Å². The first-order valence-electron chi connectivity index (χ1n) is 5.19. The maximum atomic E-state index is 5.92. The molecule has 0 bridgehead atoms. The van der Waals surface area contributed by atoms with Gasteiger partial charge in [0.15, 0.2) is 5.82 Å². The normalized spacial score (nSPS) is 10.4. The number of nitrogens with zero attached hydrogens (tertiary/aromatic N) is 3. The fraction of sp³-hybridized carbons (Fsp3) is 0.182. The van der Waals surface area contributed by atoms with Crippen LogP contribution in [-0.2, 0) is 0 Å². The number of halogens is 2. The second-order valence-electron chi connectivity index (χ2n) is 3.39. The van der Waals surface area contributed by atoms with Crippen molar-refractivity contribution >= 4 is 29.2 Å². The van der Waals surface area contributed by atoms with Crippen molar-refractivity contribution in [2.45, 2.75) is 6.92 Å². The zero-order chi connectivity index (χ0) is 13.1. The maximum absolute atomic E-state index is 5.92. The van der Waals surface area contributed by atoms with Crippen LogP contribution < -0.4 is 10.5 Å². The van der Waals surface area contributed by atoms with Crippen LogP contribution in [0.4, 0.5) is 5.95 Å². The van der Waals surface area contributed by atoms with Gasteiger partial charge in [-0.05, 0) is 25.1 Å². The summed E-state index contributed by atoms with van der Waals surface area (Å²) in [6.45, 7) is 2.27. The first-order valence-corrected chi connectivity index (χ1v) is 5.95. The highest BCUT2D eigenvalue weighted by atomic mass is 35.5. The lowest BCUT2D eigenvalue weighted by molar-refractivity contribution is 0.312. The molecule has 0 aliphatic carbocycles. The predicted molar refractivity (Wildman–Crippen MR) is 70.9 cm³/mol. The quantitative estimate of drug-likeness (QED) is 0.938. The first kappa shape index (κ1) is 12.9. The zero-order valence-electron chi connectivity index (χ0n) is 9.52. The van der Waals surface area contributed by atoms with Crippen LogP contribution in [0.3, 0.4) is 0 Å². The number of rotatable bonds is 3. The van der Waals surface area contributed by atoms with E-state index in [1.807, 2.05) is 6.92 Å². The van der Waals surface area contributed by atoms with Crippen LogP contribution in [0.5, 0.6) is 6.01 Å². The van der Waals surface area contributed by atoms with Crippen molar-refractivity contribution in [3.8, 4) is 17.4 Å². The van der Waals surface area contributed by atoms with E-state index in [4.69, 9.17) is 33.7 Å². The Kier molecular flexibility index (Phi) is 3.84. The molecular formula is C11H10Cl2N4O. The van der Waals surface area contributed by atoms with Crippen molar-refractivity contribution in [3.63, 3.8) is 0 Å². The van der Waals surface area contributed by atoms with Crippen molar-refractivity contribution in [1.82, 2.24) is 15.0 Å². The third kappa shape index (κ3) is 3.00. The maximum Gasteiger partial charge on any atom is 0.321 e. The van der Waals surface area contributed by atoms with E-state index in [0.29, 0.717) is 28.0 Å². The van der Waals surface area contributed by atoms with E-state index in [1.54, 1.807) is 18.2 Å². The molecule has 1 aromatic carbocycles. The lowest BCUT2D eigenvalue weighted by atomic mass is 10.2. The summed E-state index contributed by atoms with van der Waals surface area (Å²) in [4.78, 5) is 12.0. The molecule has 2 aromatic rings. The number of ether oxygens (including phenoxy) is 1. The Morgan fingerprint density at radius 3 is 2.39 bits per heavy atom. The lowest BCUT2D eigenvalue weighted by Gasteiger charge is -2.05. The van der Waals surface area contributed by atoms with E-state index in [1.165, 1.54) is 0 Å². The largest absolute Gasteiger partial charge is 0.464 e. The Morgan fingerprint density at radius 1 is 1.11 bits per heavy atom. The Morgan fingerprint density at radius 2 is 1.78 bits per heavy atom. The summed E-state index contributed by atoms with van der Waals surface area (Å²) in [7, 11) is 0. The van der Waals surface area contributed by atoms with Gasteiger partial charge in [0.2, 0.25) is 5.95 Å². The average molecular weight is 285 g/mol. The standard InChI is InChI=1S/C11H10Cl2N4O/c1-2-18-11-16-9(15-10(14)17-11)6-3-7(12)5-8(13)4-6/h3-5H,2H2,1H3,(H2,14,15,16,17). The van der Waals surface area contributed by atoms with Crippen molar-refractivity contribution in [2.75, 3.05) is 12.3 Å². The average Bonchev–Trinajstić information content (AvgIpc) is 2.27. The number of benzene rings is 1. The highest BCUT2D eigenvalue weighted by Gasteiger charge is 2.09. The number of hydrogen-bond donors (Lipinski definition) is 1. The number of anilines is 1. The molecular weight excluding hydrogens is 275 g/mol. The molecule has 0 fully saturated rings. The summed E-state index contributed by atoms with van der Waals surface area (Å²) in [5.41, 5.74) is 6.25. The summed E-state index contributed by atoms with van der Waals surface area (Å²) in [6.07, 6.45) is 0. The third-order valence-electron chi connectivity index (χ3n) is 2.03. The molecule has 7 heteroatoms. The molecule has 94 valence electrons. The van der Waals surface area contributed by atoms with E-state index < -0.39 is 0 Å². The minimum absolute atomic E-state index is 0.0829. The van der Waals surface area contributed by atoms with Gasteiger partial charge in [-0.25, -0.2) is 0 Å². The topological polar surface area (TPSA) is 73.9 Å². The Balaban J connectivity index is 2.49. The SMILES string of the molecule is CCOc1nc(N)nc(-c2cc(Cl)cc(Cl)c2)n1. The molecule has 0 atom stereocenters. The highest BCUT2D eigenvalue weighted by Crippen LogP contribution is 2.26. The Hall–Kier alpha value is -1.59. The minimum atomic E-state index is 0.0829. The molecule has 0 radical (unpaired) electrons. The molecule has 0 amide bonds. The molecule has 2 rings (SSSR count). The number of nitrogen functional groups attached to an aromatic ring is 1. The van der Waals surface area contributed by atoms with Gasteiger partial charge in [-0.2, -0.15) is 15.0 Å². The molecule has 0 aliphatic rings. The molecule has 0 saturated heterocycles. The predicted octanol–water partition coefficient (Wildman–Crippen LogP) is 2.83. The fourth-order valence-electron chi connectivity index (χ4n) is 1.38. The molecule has 2 N–H and O–H groups in total. The van der Waals surface area contributed by atoms with Gasteiger partial charge in [0, 0.05) is 15.6 Å². The number of aromatic nitrogens is 3. The van der Waals surface area contributed by atoms with Crippen LogP contribution in [-0.4, -0.2) is 21.6 Å². The van der Waals surface area contributed by atoms with Gasteiger partial charge in [-0.1, -0.05) is 23.2 Å². The molecule has 1 heterocycles. The van der Waals surface area contributed by atoms with Crippen LogP contribution in [0.2, 0.25) is 10.0 Å².